The maximum Gasteiger partial charge on any atom is 0.226 e. The molecule has 29 heavy (non-hydrogen) atoms. The fraction of sp³-hybridized carbons (Fsp3) is 0.304. The van der Waals surface area contributed by atoms with E-state index < -0.39 is 0 Å². The van der Waals surface area contributed by atoms with Crippen molar-refractivity contribution in [3.63, 3.8) is 0 Å². The standard InChI is InChI=1S/C23H24FN3O2/c1-3-4-12-29-20-11-6-5-10-18(20)19-14-21(28)25-23-22(19)15(2)26-27(23)17-9-7-8-16(24)13-17/h5-11,13,19H,3-4,12,14H2,1-2H3,(H,25,28)/t19-/m0/s1. The number of para-hydroxylation sites is 1. The molecule has 0 fully saturated rings. The van der Waals surface area contributed by atoms with Gasteiger partial charge in [0.15, 0.2) is 0 Å². The number of hydrogen-bond acceptors (Lipinski definition) is 3. The first-order valence-corrected chi connectivity index (χ1v) is 9.95. The Morgan fingerprint density at radius 2 is 2.07 bits per heavy atom. The number of hydrogen-bond donors (Lipinski definition) is 1. The second-order valence-corrected chi connectivity index (χ2v) is 7.28. The Morgan fingerprint density at radius 1 is 1.24 bits per heavy atom. The van der Waals surface area contributed by atoms with Crippen LogP contribution in [0.25, 0.3) is 5.69 Å². The highest BCUT2D eigenvalue weighted by Gasteiger charge is 2.34. The first-order chi connectivity index (χ1) is 14.1. The molecule has 1 amide bonds. The monoisotopic (exact) mass is 393 g/mol. The molecule has 0 aliphatic carbocycles. The van der Waals surface area contributed by atoms with E-state index in [0.717, 1.165) is 35.4 Å². The molecule has 0 saturated carbocycles. The van der Waals surface area contributed by atoms with Crippen LogP contribution in [0.1, 0.15) is 48.9 Å². The van der Waals surface area contributed by atoms with Crippen LogP contribution in [0, 0.1) is 12.7 Å². The van der Waals surface area contributed by atoms with Crippen molar-refractivity contribution in [3.8, 4) is 11.4 Å². The Balaban J connectivity index is 1.79. The average molecular weight is 393 g/mol. The minimum absolute atomic E-state index is 0.0941. The number of rotatable bonds is 6. The van der Waals surface area contributed by atoms with Gasteiger partial charge in [-0.3, -0.25) is 4.79 Å². The van der Waals surface area contributed by atoms with Gasteiger partial charge in [0.1, 0.15) is 17.4 Å². The summed E-state index contributed by atoms with van der Waals surface area (Å²) in [5.41, 5.74) is 3.29. The third-order valence-electron chi connectivity index (χ3n) is 5.21. The molecule has 0 radical (unpaired) electrons. The SMILES string of the molecule is CCCCOc1ccccc1[C@@H]1CC(=O)Nc2c1c(C)nn2-c1cccc(F)c1. The quantitative estimate of drug-likeness (QED) is 0.602. The number of halogens is 1. The van der Waals surface area contributed by atoms with E-state index in [2.05, 4.69) is 17.3 Å². The van der Waals surface area contributed by atoms with Crippen LogP contribution < -0.4 is 10.1 Å². The Kier molecular flexibility index (Phi) is 5.34. The van der Waals surface area contributed by atoms with Gasteiger partial charge in [0.25, 0.3) is 0 Å². The molecule has 2 aromatic carbocycles. The molecule has 5 nitrogen and oxygen atoms in total. The third-order valence-corrected chi connectivity index (χ3v) is 5.21. The molecule has 4 rings (SSSR count). The number of nitrogens with zero attached hydrogens (tertiary/aromatic N) is 2. The zero-order chi connectivity index (χ0) is 20.4. The first-order valence-electron chi connectivity index (χ1n) is 9.95. The third kappa shape index (κ3) is 3.75. The van der Waals surface area contributed by atoms with Crippen molar-refractivity contribution in [1.82, 2.24) is 9.78 Å². The van der Waals surface area contributed by atoms with Gasteiger partial charge in [-0.2, -0.15) is 5.10 Å². The summed E-state index contributed by atoms with van der Waals surface area (Å²) in [4.78, 5) is 12.6. The number of benzene rings is 2. The molecule has 0 unspecified atom stereocenters. The Labute approximate surface area is 169 Å². The zero-order valence-electron chi connectivity index (χ0n) is 16.6. The molecule has 1 atom stereocenters. The molecule has 1 aliphatic rings. The number of ether oxygens (including phenoxy) is 1. The van der Waals surface area contributed by atoms with Gasteiger partial charge in [0, 0.05) is 23.5 Å². The van der Waals surface area contributed by atoms with Crippen LogP contribution in [-0.4, -0.2) is 22.3 Å². The fourth-order valence-corrected chi connectivity index (χ4v) is 3.83. The number of unbranched alkanes of at least 4 members (excludes halogenated alkanes) is 1. The number of aryl methyl sites for hydroxylation is 1. The minimum Gasteiger partial charge on any atom is -0.493 e. The number of fused-ring (bicyclic) bond motifs is 1. The smallest absolute Gasteiger partial charge is 0.226 e. The Morgan fingerprint density at radius 3 is 2.86 bits per heavy atom. The molecule has 1 N–H and O–H groups in total. The largest absolute Gasteiger partial charge is 0.493 e. The topological polar surface area (TPSA) is 56.1 Å². The lowest BCUT2D eigenvalue weighted by Gasteiger charge is -2.26. The lowest BCUT2D eigenvalue weighted by atomic mass is 9.85. The maximum absolute atomic E-state index is 13.8. The van der Waals surface area contributed by atoms with Crippen molar-refractivity contribution < 1.29 is 13.9 Å². The van der Waals surface area contributed by atoms with E-state index >= 15 is 0 Å². The number of nitrogens with one attached hydrogen (secondary N) is 1. The van der Waals surface area contributed by atoms with Gasteiger partial charge in [0.2, 0.25) is 5.91 Å². The van der Waals surface area contributed by atoms with E-state index in [4.69, 9.17) is 4.74 Å². The van der Waals surface area contributed by atoms with Crippen LogP contribution >= 0.6 is 0 Å². The number of carbonyl (C=O) groups is 1. The summed E-state index contributed by atoms with van der Waals surface area (Å²) in [5.74, 6) is 0.780. The van der Waals surface area contributed by atoms with Crippen molar-refractivity contribution in [2.45, 2.75) is 39.0 Å². The van der Waals surface area contributed by atoms with Gasteiger partial charge in [-0.15, -0.1) is 0 Å². The van der Waals surface area contributed by atoms with E-state index in [0.29, 0.717) is 24.5 Å². The number of amides is 1. The summed E-state index contributed by atoms with van der Waals surface area (Å²) in [6, 6.07) is 14.1. The lowest BCUT2D eigenvalue weighted by Crippen LogP contribution is -2.25. The van der Waals surface area contributed by atoms with E-state index in [1.54, 1.807) is 16.8 Å². The highest BCUT2D eigenvalue weighted by Crippen LogP contribution is 2.43. The van der Waals surface area contributed by atoms with Crippen molar-refractivity contribution in [1.29, 1.82) is 0 Å². The fourth-order valence-electron chi connectivity index (χ4n) is 3.83. The molecule has 0 bridgehead atoms. The zero-order valence-corrected chi connectivity index (χ0v) is 16.6. The average Bonchev–Trinajstić information content (AvgIpc) is 3.04. The minimum atomic E-state index is -0.349. The van der Waals surface area contributed by atoms with E-state index in [9.17, 15) is 9.18 Å². The summed E-state index contributed by atoms with van der Waals surface area (Å²) in [6.45, 7) is 4.68. The van der Waals surface area contributed by atoms with Crippen molar-refractivity contribution in [2.75, 3.05) is 11.9 Å². The summed E-state index contributed by atoms with van der Waals surface area (Å²) in [5, 5.41) is 7.55. The summed E-state index contributed by atoms with van der Waals surface area (Å²) >= 11 is 0. The van der Waals surface area contributed by atoms with E-state index in [1.165, 1.54) is 12.1 Å². The molecule has 1 aliphatic heterocycles. The molecule has 0 saturated heterocycles. The molecule has 6 heteroatoms. The second kappa shape index (κ2) is 8.07. The van der Waals surface area contributed by atoms with Crippen LogP contribution in [0.2, 0.25) is 0 Å². The van der Waals surface area contributed by atoms with Gasteiger partial charge in [-0.25, -0.2) is 9.07 Å². The van der Waals surface area contributed by atoms with Crippen molar-refractivity contribution in [2.24, 2.45) is 0 Å². The predicted molar refractivity (Wildman–Crippen MR) is 110 cm³/mol. The van der Waals surface area contributed by atoms with Gasteiger partial charge in [0.05, 0.1) is 18.0 Å². The van der Waals surface area contributed by atoms with Gasteiger partial charge >= 0.3 is 0 Å². The Bertz CT molecular complexity index is 1040. The highest BCUT2D eigenvalue weighted by molar-refractivity contribution is 5.95. The lowest BCUT2D eigenvalue weighted by molar-refractivity contribution is -0.116. The van der Waals surface area contributed by atoms with Crippen LogP contribution in [0.4, 0.5) is 10.2 Å². The molecule has 3 aromatic rings. The van der Waals surface area contributed by atoms with Gasteiger partial charge in [-0.05, 0) is 37.6 Å². The molecular formula is C23H24FN3O2. The maximum atomic E-state index is 13.8. The summed E-state index contributed by atoms with van der Waals surface area (Å²) in [6.07, 6.45) is 2.34. The number of aromatic nitrogens is 2. The van der Waals surface area contributed by atoms with Crippen LogP contribution in [0.15, 0.2) is 48.5 Å². The normalized spacial score (nSPS) is 15.7. The molecule has 1 aromatic heterocycles. The van der Waals surface area contributed by atoms with Gasteiger partial charge in [-0.1, -0.05) is 37.6 Å². The summed E-state index contributed by atoms with van der Waals surface area (Å²) in [7, 11) is 0. The van der Waals surface area contributed by atoms with E-state index in [1.807, 2.05) is 31.2 Å². The second-order valence-electron chi connectivity index (χ2n) is 7.28. The molecule has 2 heterocycles. The summed E-state index contributed by atoms with van der Waals surface area (Å²) < 4.78 is 21.4. The van der Waals surface area contributed by atoms with E-state index in [-0.39, 0.29) is 17.6 Å². The van der Waals surface area contributed by atoms with Crippen LogP contribution in [0.5, 0.6) is 5.75 Å². The van der Waals surface area contributed by atoms with Gasteiger partial charge < -0.3 is 10.1 Å². The van der Waals surface area contributed by atoms with Crippen molar-refractivity contribution >= 4 is 11.7 Å². The van der Waals surface area contributed by atoms with Crippen LogP contribution in [0.3, 0.4) is 0 Å². The highest BCUT2D eigenvalue weighted by atomic mass is 19.1. The predicted octanol–water partition coefficient (Wildman–Crippen LogP) is 4.97. The molecular weight excluding hydrogens is 369 g/mol. The molecule has 150 valence electrons. The van der Waals surface area contributed by atoms with Crippen molar-refractivity contribution in [3.05, 3.63) is 71.2 Å². The molecule has 0 spiro atoms. The Hall–Kier alpha value is -3.15. The number of carbonyl (C=O) groups excluding carboxylic acids is 1. The van der Waals surface area contributed by atoms with Crippen LogP contribution in [-0.2, 0) is 4.79 Å². The first kappa shape index (κ1) is 19.2. The number of anilines is 1.